The molecule has 21 heavy (non-hydrogen) atoms. The molecule has 0 aromatic heterocycles. The van der Waals surface area contributed by atoms with Crippen molar-refractivity contribution in [2.75, 3.05) is 11.9 Å². The maximum absolute atomic E-state index is 13.3. The second-order valence-corrected chi connectivity index (χ2v) is 6.56. The Kier molecular flexibility index (Phi) is 2.81. The molecule has 2 aromatic rings. The fourth-order valence-corrected chi connectivity index (χ4v) is 4.11. The van der Waals surface area contributed by atoms with E-state index in [1.807, 2.05) is 13.0 Å². The molecule has 1 saturated carbocycles. The third kappa shape index (κ3) is 1.97. The fraction of sp³-hybridized carbons (Fsp3) is 0.368. The number of rotatable bonds is 1. The normalized spacial score (nSPS) is 18.8. The van der Waals surface area contributed by atoms with Crippen LogP contribution in [-0.2, 0) is 5.41 Å². The smallest absolute Gasteiger partial charge is 0.123 e. The molecule has 2 aromatic carbocycles. The van der Waals surface area contributed by atoms with Crippen molar-refractivity contribution in [2.45, 2.75) is 38.0 Å². The first-order chi connectivity index (χ1) is 10.2. The number of fused-ring (bicyclic) bond motifs is 2. The molecule has 1 fully saturated rings. The van der Waals surface area contributed by atoms with Crippen molar-refractivity contribution in [1.82, 2.24) is 0 Å². The Bertz CT molecular complexity index is 699. The lowest BCUT2D eigenvalue weighted by molar-refractivity contribution is 0.489. The van der Waals surface area contributed by atoms with Crippen LogP contribution in [0.3, 0.4) is 0 Å². The van der Waals surface area contributed by atoms with Gasteiger partial charge in [0.15, 0.2) is 0 Å². The van der Waals surface area contributed by atoms with Crippen molar-refractivity contribution < 1.29 is 4.39 Å². The van der Waals surface area contributed by atoms with E-state index in [2.05, 4.69) is 23.5 Å². The van der Waals surface area contributed by atoms with Crippen molar-refractivity contribution in [1.29, 1.82) is 0 Å². The van der Waals surface area contributed by atoms with Crippen LogP contribution in [0.1, 0.15) is 36.8 Å². The van der Waals surface area contributed by atoms with Crippen LogP contribution < -0.4 is 5.32 Å². The molecule has 0 atom stereocenters. The molecular formula is C19H20FN. The van der Waals surface area contributed by atoms with Gasteiger partial charge >= 0.3 is 0 Å². The second kappa shape index (κ2) is 4.59. The minimum Gasteiger partial charge on any atom is -0.384 e. The summed E-state index contributed by atoms with van der Waals surface area (Å²) in [5.41, 5.74) is 6.46. The third-order valence-electron chi connectivity index (χ3n) is 5.27. The predicted octanol–water partition coefficient (Wildman–Crippen LogP) is 5.04. The van der Waals surface area contributed by atoms with E-state index >= 15 is 0 Å². The van der Waals surface area contributed by atoms with Gasteiger partial charge in [0.05, 0.1) is 0 Å². The lowest BCUT2D eigenvalue weighted by Crippen LogP contribution is -2.24. The summed E-state index contributed by atoms with van der Waals surface area (Å²) >= 11 is 0. The Morgan fingerprint density at radius 2 is 1.86 bits per heavy atom. The number of hydrogen-bond donors (Lipinski definition) is 1. The monoisotopic (exact) mass is 281 g/mol. The summed E-state index contributed by atoms with van der Waals surface area (Å²) in [5.74, 6) is -0.161. The Labute approximate surface area is 125 Å². The minimum atomic E-state index is -0.161. The van der Waals surface area contributed by atoms with Crippen LogP contribution in [0, 0.1) is 12.7 Å². The first-order valence-electron chi connectivity index (χ1n) is 7.83. The lowest BCUT2D eigenvalue weighted by atomic mass is 9.80. The molecule has 0 radical (unpaired) electrons. The molecule has 0 unspecified atom stereocenters. The quantitative estimate of drug-likeness (QED) is 0.772. The average Bonchev–Trinajstić information content (AvgIpc) is 3.08. The van der Waals surface area contributed by atoms with Crippen LogP contribution in [0.4, 0.5) is 10.1 Å². The average molecular weight is 281 g/mol. The maximum Gasteiger partial charge on any atom is 0.123 e. The first-order valence-corrected chi connectivity index (χ1v) is 7.83. The predicted molar refractivity (Wildman–Crippen MR) is 85.2 cm³/mol. The van der Waals surface area contributed by atoms with Gasteiger partial charge in [-0.2, -0.15) is 0 Å². The molecule has 1 aliphatic carbocycles. The summed E-state index contributed by atoms with van der Waals surface area (Å²) in [6.07, 6.45) is 5.25. The van der Waals surface area contributed by atoms with Crippen molar-refractivity contribution in [2.24, 2.45) is 0 Å². The highest BCUT2D eigenvalue weighted by Crippen LogP contribution is 2.48. The van der Waals surface area contributed by atoms with Gasteiger partial charge in [-0.3, -0.25) is 0 Å². The Morgan fingerprint density at radius 1 is 1.05 bits per heavy atom. The summed E-state index contributed by atoms with van der Waals surface area (Å²) in [6, 6.07) is 11.8. The van der Waals surface area contributed by atoms with Gasteiger partial charge in [0.2, 0.25) is 0 Å². The van der Waals surface area contributed by atoms with Gasteiger partial charge < -0.3 is 5.32 Å². The van der Waals surface area contributed by atoms with E-state index in [1.165, 1.54) is 42.5 Å². The van der Waals surface area contributed by atoms with Crippen LogP contribution in [0.15, 0.2) is 36.4 Å². The van der Waals surface area contributed by atoms with E-state index in [9.17, 15) is 4.39 Å². The number of aryl methyl sites for hydroxylation is 1. The van der Waals surface area contributed by atoms with Crippen molar-refractivity contribution in [3.05, 3.63) is 53.3 Å². The molecule has 1 aliphatic heterocycles. The largest absolute Gasteiger partial charge is 0.384 e. The third-order valence-corrected chi connectivity index (χ3v) is 5.27. The topological polar surface area (TPSA) is 12.0 Å². The number of halogens is 1. The molecule has 0 saturated heterocycles. The number of hydrogen-bond acceptors (Lipinski definition) is 1. The van der Waals surface area contributed by atoms with E-state index in [0.717, 1.165) is 17.7 Å². The highest BCUT2D eigenvalue weighted by atomic mass is 19.1. The van der Waals surface area contributed by atoms with Crippen molar-refractivity contribution >= 4 is 5.69 Å². The summed E-state index contributed by atoms with van der Waals surface area (Å²) in [7, 11) is 0. The SMILES string of the molecule is Cc1cc(F)ccc1-c1ccc2c(c1)C1(CCCC1)CN2. The summed E-state index contributed by atoms with van der Waals surface area (Å²) in [5, 5.41) is 3.58. The second-order valence-electron chi connectivity index (χ2n) is 6.56. The van der Waals surface area contributed by atoms with Crippen LogP contribution in [0.2, 0.25) is 0 Å². The van der Waals surface area contributed by atoms with Gasteiger partial charge in [0.25, 0.3) is 0 Å². The molecule has 0 bridgehead atoms. The molecule has 0 amide bonds. The lowest BCUT2D eigenvalue weighted by Gasteiger charge is -2.23. The number of benzene rings is 2. The summed E-state index contributed by atoms with van der Waals surface area (Å²) < 4.78 is 13.3. The van der Waals surface area contributed by atoms with E-state index in [1.54, 1.807) is 12.1 Å². The van der Waals surface area contributed by atoms with Gasteiger partial charge in [-0.25, -0.2) is 4.39 Å². The molecule has 1 spiro atoms. The van der Waals surface area contributed by atoms with Crippen molar-refractivity contribution in [3.8, 4) is 11.1 Å². The zero-order chi connectivity index (χ0) is 14.4. The fourth-order valence-electron chi connectivity index (χ4n) is 4.11. The van der Waals surface area contributed by atoms with E-state index in [0.29, 0.717) is 5.41 Å². The Hall–Kier alpha value is -1.83. The zero-order valence-electron chi connectivity index (χ0n) is 12.4. The van der Waals surface area contributed by atoms with E-state index < -0.39 is 0 Å². The van der Waals surface area contributed by atoms with E-state index in [-0.39, 0.29) is 5.82 Å². The van der Waals surface area contributed by atoms with Crippen LogP contribution in [0.5, 0.6) is 0 Å². The maximum atomic E-state index is 13.3. The molecule has 1 heterocycles. The van der Waals surface area contributed by atoms with Gasteiger partial charge in [-0.05, 0) is 66.3 Å². The van der Waals surface area contributed by atoms with Crippen molar-refractivity contribution in [3.63, 3.8) is 0 Å². The molecule has 4 rings (SSSR count). The summed E-state index contributed by atoms with van der Waals surface area (Å²) in [4.78, 5) is 0. The van der Waals surface area contributed by atoms with Gasteiger partial charge in [0.1, 0.15) is 5.82 Å². The molecular weight excluding hydrogens is 261 g/mol. The molecule has 2 aliphatic rings. The Balaban J connectivity index is 1.82. The Morgan fingerprint density at radius 3 is 2.62 bits per heavy atom. The number of anilines is 1. The minimum absolute atomic E-state index is 0.161. The standard InChI is InChI=1S/C19H20FN/c1-13-10-15(20)5-6-16(13)14-4-7-18-17(11-14)19(12-21-18)8-2-3-9-19/h4-7,10-11,21H,2-3,8-9,12H2,1H3. The highest BCUT2D eigenvalue weighted by Gasteiger charge is 2.41. The van der Waals surface area contributed by atoms with Gasteiger partial charge in [-0.15, -0.1) is 0 Å². The van der Waals surface area contributed by atoms with E-state index in [4.69, 9.17) is 0 Å². The van der Waals surface area contributed by atoms with Crippen LogP contribution in [-0.4, -0.2) is 6.54 Å². The first kappa shape index (κ1) is 12.9. The van der Waals surface area contributed by atoms with Crippen LogP contribution >= 0.6 is 0 Å². The highest BCUT2D eigenvalue weighted by molar-refractivity contribution is 5.73. The molecule has 1 N–H and O–H groups in total. The van der Waals surface area contributed by atoms with Crippen LogP contribution in [0.25, 0.3) is 11.1 Å². The molecule has 108 valence electrons. The summed E-state index contributed by atoms with van der Waals surface area (Å²) in [6.45, 7) is 3.06. The molecule has 2 heteroatoms. The van der Waals surface area contributed by atoms with Gasteiger partial charge in [0, 0.05) is 17.6 Å². The zero-order valence-corrected chi connectivity index (χ0v) is 12.4. The molecule has 1 nitrogen and oxygen atoms in total. The van der Waals surface area contributed by atoms with Gasteiger partial charge in [-0.1, -0.05) is 25.0 Å². The number of nitrogens with one attached hydrogen (secondary N) is 1.